The molecule has 1 aromatic heterocycles. The van der Waals surface area contributed by atoms with Gasteiger partial charge in [0.2, 0.25) is 0 Å². The summed E-state index contributed by atoms with van der Waals surface area (Å²) >= 11 is 0. The number of piperidine rings is 1. The van der Waals surface area contributed by atoms with Crippen LogP contribution in [0.15, 0.2) is 29.5 Å². The number of halogens is 3. The average molecular weight is 327 g/mol. The van der Waals surface area contributed by atoms with Crippen LogP contribution >= 0.6 is 0 Å². The summed E-state index contributed by atoms with van der Waals surface area (Å²) in [6, 6.07) is 5.36. The van der Waals surface area contributed by atoms with E-state index in [1.807, 2.05) is 6.07 Å². The van der Waals surface area contributed by atoms with E-state index in [1.54, 1.807) is 18.3 Å². The minimum absolute atomic E-state index is 0.214. The number of amides is 1. The minimum atomic E-state index is -4.48. The number of aromatic nitrogens is 1. The number of carbonyl (C=O) groups excluding carboxylic acids is 1. The average Bonchev–Trinajstić information content (AvgIpc) is 2.78. The maximum Gasteiger partial charge on any atom is 0.408 e. The molecule has 2 aliphatic heterocycles. The molecule has 3 rings (SSSR count). The van der Waals surface area contributed by atoms with Gasteiger partial charge in [-0.15, -0.1) is 0 Å². The van der Waals surface area contributed by atoms with Gasteiger partial charge in [0.1, 0.15) is 6.54 Å². The standard InChI is InChI=1S/C14H16F3N5O/c15-14(16,17)9-22-12(23)13(8-18-6-4-11(13)21-22)20-7-10-3-1-2-5-19-10/h1-3,5,18,20H,4,6-9H2. The Hall–Kier alpha value is -2.00. The monoisotopic (exact) mass is 327 g/mol. The molecule has 1 saturated heterocycles. The van der Waals surface area contributed by atoms with Gasteiger partial charge >= 0.3 is 6.18 Å². The first-order valence-corrected chi connectivity index (χ1v) is 7.23. The number of nitrogens with zero attached hydrogens (tertiary/aromatic N) is 3. The first-order chi connectivity index (χ1) is 10.9. The van der Waals surface area contributed by atoms with Gasteiger partial charge in [-0.25, -0.2) is 5.01 Å². The summed E-state index contributed by atoms with van der Waals surface area (Å²) in [5.74, 6) is -0.673. The molecule has 1 atom stereocenters. The van der Waals surface area contributed by atoms with Gasteiger partial charge in [-0.2, -0.15) is 18.3 Å². The van der Waals surface area contributed by atoms with E-state index in [1.165, 1.54) is 0 Å². The summed E-state index contributed by atoms with van der Waals surface area (Å²) in [5, 5.41) is 10.6. The van der Waals surface area contributed by atoms with Crippen LogP contribution < -0.4 is 10.6 Å². The number of hydrogen-bond donors (Lipinski definition) is 2. The van der Waals surface area contributed by atoms with Gasteiger partial charge in [0.25, 0.3) is 5.91 Å². The molecule has 0 spiro atoms. The lowest BCUT2D eigenvalue weighted by atomic mass is 9.87. The van der Waals surface area contributed by atoms with Crippen molar-refractivity contribution in [1.82, 2.24) is 20.6 Å². The van der Waals surface area contributed by atoms with Crippen LogP contribution in [0.25, 0.3) is 0 Å². The Kier molecular flexibility index (Phi) is 4.07. The number of rotatable bonds is 4. The number of pyridine rings is 1. The number of hydrazone groups is 1. The molecule has 1 aromatic rings. The highest BCUT2D eigenvalue weighted by Gasteiger charge is 2.53. The molecular weight excluding hydrogens is 311 g/mol. The number of nitrogens with one attached hydrogen (secondary N) is 2. The van der Waals surface area contributed by atoms with Gasteiger partial charge in [0.05, 0.1) is 11.4 Å². The van der Waals surface area contributed by atoms with E-state index in [-0.39, 0.29) is 13.1 Å². The minimum Gasteiger partial charge on any atom is -0.314 e. The van der Waals surface area contributed by atoms with Crippen molar-refractivity contribution in [3.8, 4) is 0 Å². The van der Waals surface area contributed by atoms with Gasteiger partial charge in [-0.1, -0.05) is 6.07 Å². The van der Waals surface area contributed by atoms with E-state index in [9.17, 15) is 18.0 Å². The second-order valence-electron chi connectivity index (χ2n) is 5.53. The van der Waals surface area contributed by atoms with Crippen LogP contribution in [0, 0.1) is 0 Å². The van der Waals surface area contributed by atoms with E-state index in [0.29, 0.717) is 29.4 Å². The number of hydrogen-bond acceptors (Lipinski definition) is 5. The lowest BCUT2D eigenvalue weighted by Crippen LogP contribution is -2.65. The van der Waals surface area contributed by atoms with E-state index < -0.39 is 24.2 Å². The number of fused-ring (bicyclic) bond motifs is 1. The summed E-state index contributed by atoms with van der Waals surface area (Å²) in [6.45, 7) is -0.305. The van der Waals surface area contributed by atoms with Crippen molar-refractivity contribution >= 4 is 11.6 Å². The van der Waals surface area contributed by atoms with Crippen LogP contribution in [-0.2, 0) is 11.3 Å². The molecular formula is C14H16F3N5O. The summed E-state index contributed by atoms with van der Waals surface area (Å²) in [5.41, 5.74) is -0.0728. The Morgan fingerprint density at radius 2 is 2.22 bits per heavy atom. The SMILES string of the molecule is O=C1N(CC(F)(F)F)N=C2CCNCC12NCc1ccccn1. The summed E-state index contributed by atoms with van der Waals surface area (Å²) in [4.78, 5) is 16.7. The first kappa shape index (κ1) is 15.9. The third kappa shape index (κ3) is 3.20. The molecule has 0 radical (unpaired) electrons. The highest BCUT2D eigenvalue weighted by atomic mass is 19.4. The molecule has 6 nitrogen and oxygen atoms in total. The smallest absolute Gasteiger partial charge is 0.314 e. The maximum atomic E-state index is 12.6. The molecule has 1 unspecified atom stereocenters. The van der Waals surface area contributed by atoms with Crippen LogP contribution in [0.1, 0.15) is 12.1 Å². The number of carbonyl (C=O) groups is 1. The van der Waals surface area contributed by atoms with E-state index in [0.717, 1.165) is 0 Å². The Bertz CT molecular complexity index is 619. The zero-order valence-corrected chi connectivity index (χ0v) is 12.2. The normalized spacial score (nSPS) is 24.6. The molecule has 0 aliphatic carbocycles. The third-order valence-electron chi connectivity index (χ3n) is 3.89. The van der Waals surface area contributed by atoms with Gasteiger partial charge in [0, 0.05) is 32.3 Å². The van der Waals surface area contributed by atoms with Crippen LogP contribution in [0.2, 0.25) is 0 Å². The highest BCUT2D eigenvalue weighted by Crippen LogP contribution is 2.28. The largest absolute Gasteiger partial charge is 0.408 e. The molecule has 0 saturated carbocycles. The predicted octanol–water partition coefficient (Wildman–Crippen LogP) is 0.664. The molecule has 0 aromatic carbocycles. The fourth-order valence-corrected chi connectivity index (χ4v) is 2.81. The maximum absolute atomic E-state index is 12.6. The van der Waals surface area contributed by atoms with Gasteiger partial charge in [0.15, 0.2) is 5.54 Å². The molecule has 2 aliphatic rings. The molecule has 3 heterocycles. The molecule has 0 bridgehead atoms. The topological polar surface area (TPSA) is 69.6 Å². The van der Waals surface area contributed by atoms with Crippen molar-refractivity contribution in [2.75, 3.05) is 19.6 Å². The van der Waals surface area contributed by atoms with Crippen molar-refractivity contribution in [2.45, 2.75) is 24.7 Å². The van der Waals surface area contributed by atoms with Crippen LogP contribution in [-0.4, -0.2) is 53.0 Å². The Balaban J connectivity index is 1.80. The van der Waals surface area contributed by atoms with Crippen molar-refractivity contribution in [2.24, 2.45) is 5.10 Å². The van der Waals surface area contributed by atoms with Crippen LogP contribution in [0.5, 0.6) is 0 Å². The molecule has 23 heavy (non-hydrogen) atoms. The summed E-state index contributed by atoms with van der Waals surface area (Å²) < 4.78 is 37.9. The van der Waals surface area contributed by atoms with E-state index in [4.69, 9.17) is 0 Å². The van der Waals surface area contributed by atoms with E-state index in [2.05, 4.69) is 20.7 Å². The highest BCUT2D eigenvalue weighted by molar-refractivity contribution is 6.17. The Morgan fingerprint density at radius 3 is 2.91 bits per heavy atom. The van der Waals surface area contributed by atoms with Crippen molar-refractivity contribution in [3.05, 3.63) is 30.1 Å². The van der Waals surface area contributed by atoms with E-state index >= 15 is 0 Å². The summed E-state index contributed by atoms with van der Waals surface area (Å²) in [6.07, 6.45) is -2.44. The zero-order chi connectivity index (χ0) is 16.5. The fourth-order valence-electron chi connectivity index (χ4n) is 2.81. The van der Waals surface area contributed by atoms with Crippen molar-refractivity contribution in [3.63, 3.8) is 0 Å². The Labute approximate surface area is 130 Å². The van der Waals surface area contributed by atoms with Gasteiger partial charge < -0.3 is 5.32 Å². The van der Waals surface area contributed by atoms with Crippen LogP contribution in [0.4, 0.5) is 13.2 Å². The Morgan fingerprint density at radius 1 is 1.39 bits per heavy atom. The number of alkyl halides is 3. The summed E-state index contributed by atoms with van der Waals surface area (Å²) in [7, 11) is 0. The molecule has 2 N–H and O–H groups in total. The fraction of sp³-hybridized carbons (Fsp3) is 0.500. The predicted molar refractivity (Wildman–Crippen MR) is 76.5 cm³/mol. The molecule has 9 heteroatoms. The van der Waals surface area contributed by atoms with Gasteiger partial charge in [-0.3, -0.25) is 15.1 Å². The van der Waals surface area contributed by atoms with Crippen LogP contribution in [0.3, 0.4) is 0 Å². The second-order valence-corrected chi connectivity index (χ2v) is 5.53. The first-order valence-electron chi connectivity index (χ1n) is 7.23. The third-order valence-corrected chi connectivity index (χ3v) is 3.89. The second kappa shape index (κ2) is 5.89. The van der Waals surface area contributed by atoms with Gasteiger partial charge in [-0.05, 0) is 12.1 Å². The van der Waals surface area contributed by atoms with Crippen molar-refractivity contribution < 1.29 is 18.0 Å². The molecule has 1 fully saturated rings. The van der Waals surface area contributed by atoms with Crippen molar-refractivity contribution in [1.29, 1.82) is 0 Å². The lowest BCUT2D eigenvalue weighted by Gasteiger charge is -2.34. The lowest BCUT2D eigenvalue weighted by molar-refractivity contribution is -0.161. The molecule has 1 amide bonds. The quantitative estimate of drug-likeness (QED) is 0.853. The zero-order valence-electron chi connectivity index (χ0n) is 12.2. The molecule has 124 valence electrons.